The maximum atomic E-state index is 13.4. The number of fused-ring (bicyclic) bond motifs is 2. The third-order valence-corrected chi connectivity index (χ3v) is 5.50. The zero-order chi connectivity index (χ0) is 18.8. The van der Waals surface area contributed by atoms with Gasteiger partial charge in [-0.25, -0.2) is 0 Å². The minimum absolute atomic E-state index is 0.00302. The molecule has 2 heterocycles. The van der Waals surface area contributed by atoms with E-state index in [-0.39, 0.29) is 5.78 Å². The minimum atomic E-state index is 0.00302. The van der Waals surface area contributed by atoms with Gasteiger partial charge in [0, 0.05) is 29.9 Å². The number of benzene rings is 3. The summed E-state index contributed by atoms with van der Waals surface area (Å²) in [7, 11) is 0. The van der Waals surface area contributed by atoms with E-state index in [1.54, 1.807) is 0 Å². The van der Waals surface area contributed by atoms with Crippen LogP contribution in [0.1, 0.15) is 21.5 Å². The number of nitrogens with zero attached hydrogens (tertiary/aromatic N) is 2. The van der Waals surface area contributed by atoms with E-state index in [1.807, 2.05) is 42.5 Å². The lowest BCUT2D eigenvalue weighted by molar-refractivity contribution is 0.104. The van der Waals surface area contributed by atoms with E-state index in [0.29, 0.717) is 16.9 Å². The number of hydrogen-bond donors (Lipinski definition) is 1. The highest BCUT2D eigenvalue weighted by Gasteiger charge is 2.34. The largest absolute Gasteiger partial charge is 0.366 e. The first kappa shape index (κ1) is 15.5. The van der Waals surface area contributed by atoms with Crippen molar-refractivity contribution in [3.8, 4) is 11.3 Å². The molecule has 3 aromatic carbocycles. The Labute approximate surface area is 161 Å². The van der Waals surface area contributed by atoms with Crippen molar-refractivity contribution < 1.29 is 9.32 Å². The van der Waals surface area contributed by atoms with Crippen molar-refractivity contribution >= 4 is 33.7 Å². The number of rotatable bonds is 3. The van der Waals surface area contributed by atoms with Crippen molar-refractivity contribution in [1.29, 1.82) is 0 Å². The number of aromatic nitrogens is 1. The van der Waals surface area contributed by atoms with Crippen molar-refractivity contribution in [2.45, 2.75) is 6.92 Å². The molecule has 28 heavy (non-hydrogen) atoms. The molecule has 1 saturated heterocycles. The quantitative estimate of drug-likeness (QED) is 0.459. The van der Waals surface area contributed by atoms with Crippen molar-refractivity contribution in [2.24, 2.45) is 0 Å². The van der Waals surface area contributed by atoms with Crippen molar-refractivity contribution in [2.75, 3.05) is 23.3 Å². The molecular formula is C23H17N3O2. The van der Waals surface area contributed by atoms with E-state index < -0.39 is 0 Å². The second-order valence-electron chi connectivity index (χ2n) is 7.41. The number of carbonyl (C=O) groups excluding carboxylic acids is 1. The number of hydrogen-bond acceptors (Lipinski definition) is 5. The van der Waals surface area contributed by atoms with E-state index in [0.717, 1.165) is 46.6 Å². The molecule has 1 aromatic heterocycles. The van der Waals surface area contributed by atoms with Gasteiger partial charge in [0.1, 0.15) is 5.52 Å². The normalized spacial score (nSPS) is 14.3. The second-order valence-corrected chi connectivity index (χ2v) is 7.41. The number of anilines is 3. The molecule has 6 rings (SSSR count). The summed E-state index contributed by atoms with van der Waals surface area (Å²) in [6.45, 7) is 4.04. The molecule has 0 radical (unpaired) electrons. The summed E-state index contributed by atoms with van der Waals surface area (Å²) in [6, 6.07) is 17.8. The van der Waals surface area contributed by atoms with Gasteiger partial charge in [0.2, 0.25) is 0 Å². The average Bonchev–Trinajstić information content (AvgIpc) is 3.47. The van der Waals surface area contributed by atoms with Gasteiger partial charge in [0.15, 0.2) is 11.5 Å². The first-order valence-corrected chi connectivity index (χ1v) is 9.40. The van der Waals surface area contributed by atoms with Crippen LogP contribution in [0.25, 0.3) is 22.2 Å². The van der Waals surface area contributed by atoms with Crippen LogP contribution in [0.5, 0.6) is 0 Å². The molecule has 0 bridgehead atoms. The lowest BCUT2D eigenvalue weighted by Crippen LogP contribution is -2.12. The maximum absolute atomic E-state index is 13.4. The summed E-state index contributed by atoms with van der Waals surface area (Å²) < 4.78 is 5.75. The Kier molecular flexibility index (Phi) is 3.01. The predicted octanol–water partition coefficient (Wildman–Crippen LogP) is 4.91. The van der Waals surface area contributed by atoms with Crippen LogP contribution in [0.4, 0.5) is 17.1 Å². The molecule has 1 aliphatic carbocycles. The van der Waals surface area contributed by atoms with Gasteiger partial charge in [-0.1, -0.05) is 47.1 Å². The van der Waals surface area contributed by atoms with Crippen molar-refractivity contribution in [1.82, 2.24) is 5.16 Å². The van der Waals surface area contributed by atoms with Crippen LogP contribution in [0.3, 0.4) is 0 Å². The monoisotopic (exact) mass is 367 g/mol. The summed E-state index contributed by atoms with van der Waals surface area (Å²) in [5.74, 6) is 0.680. The lowest BCUT2D eigenvalue weighted by atomic mass is 9.86. The molecule has 136 valence electrons. The Hall–Kier alpha value is -3.60. The highest BCUT2D eigenvalue weighted by molar-refractivity contribution is 6.28. The van der Waals surface area contributed by atoms with Gasteiger partial charge in [-0.2, -0.15) is 0 Å². The van der Waals surface area contributed by atoms with Crippen molar-refractivity contribution in [3.05, 3.63) is 71.3 Å². The summed E-state index contributed by atoms with van der Waals surface area (Å²) in [5.41, 5.74) is 6.81. The molecule has 1 N–H and O–H groups in total. The zero-order valence-electron chi connectivity index (χ0n) is 15.3. The van der Waals surface area contributed by atoms with Crippen molar-refractivity contribution in [3.63, 3.8) is 0 Å². The van der Waals surface area contributed by atoms with E-state index in [1.165, 1.54) is 5.56 Å². The third-order valence-electron chi connectivity index (χ3n) is 5.50. The summed E-state index contributed by atoms with van der Waals surface area (Å²) in [6.07, 6.45) is 0. The Morgan fingerprint density at radius 3 is 2.54 bits per heavy atom. The number of nitrogens with one attached hydrogen (secondary N) is 1. The van der Waals surface area contributed by atoms with E-state index in [4.69, 9.17) is 4.52 Å². The van der Waals surface area contributed by atoms with Gasteiger partial charge >= 0.3 is 0 Å². The zero-order valence-corrected chi connectivity index (χ0v) is 15.3. The lowest BCUT2D eigenvalue weighted by Gasteiger charge is -2.19. The molecule has 5 heteroatoms. The molecule has 4 aromatic rings. The first-order valence-electron chi connectivity index (χ1n) is 9.40. The van der Waals surface area contributed by atoms with Gasteiger partial charge in [-0.05, 0) is 25.1 Å². The number of ketones is 1. The SMILES string of the molecule is Cc1ccc(Nc2cc(N3CC3)c3noc4c3c2C(=O)c2ccccc2-4)cc1. The van der Waals surface area contributed by atoms with Gasteiger partial charge in [0.25, 0.3) is 0 Å². The third kappa shape index (κ3) is 2.13. The molecule has 5 nitrogen and oxygen atoms in total. The van der Waals surface area contributed by atoms with E-state index in [2.05, 4.69) is 34.4 Å². The first-order chi connectivity index (χ1) is 13.7. The van der Waals surface area contributed by atoms with Crippen LogP contribution in [0, 0.1) is 6.92 Å². The molecule has 1 fully saturated rings. The molecular weight excluding hydrogens is 350 g/mol. The number of carbonyl (C=O) groups is 1. The predicted molar refractivity (Wildman–Crippen MR) is 110 cm³/mol. The van der Waals surface area contributed by atoms with Crippen LogP contribution in [0.2, 0.25) is 0 Å². The van der Waals surface area contributed by atoms with Crippen LogP contribution >= 0.6 is 0 Å². The fraction of sp³-hybridized carbons (Fsp3) is 0.130. The summed E-state index contributed by atoms with van der Waals surface area (Å²) in [5, 5.41) is 8.62. The van der Waals surface area contributed by atoms with E-state index >= 15 is 0 Å². The summed E-state index contributed by atoms with van der Waals surface area (Å²) >= 11 is 0. The Bertz CT molecular complexity index is 1270. The Morgan fingerprint density at radius 1 is 1.04 bits per heavy atom. The minimum Gasteiger partial charge on any atom is -0.366 e. The van der Waals surface area contributed by atoms with Crippen LogP contribution in [0.15, 0.2) is 59.1 Å². The standard InChI is InChI=1S/C23H17N3O2/c1-13-6-8-14(9-7-13)24-17-12-18(26-10-11-26)21-20-19(17)22(27)15-4-2-3-5-16(15)23(20)28-25-21/h2-9,12,24H,10-11H2,1H3. The smallest absolute Gasteiger partial charge is 0.196 e. The number of aryl methyl sites for hydroxylation is 1. The molecule has 0 spiro atoms. The van der Waals surface area contributed by atoms with E-state index in [9.17, 15) is 4.79 Å². The fourth-order valence-electron chi connectivity index (χ4n) is 3.97. The second kappa shape index (κ2) is 5.45. The Morgan fingerprint density at radius 2 is 1.79 bits per heavy atom. The molecule has 0 saturated carbocycles. The molecule has 1 aliphatic heterocycles. The molecule has 0 amide bonds. The van der Waals surface area contributed by atoms with Gasteiger partial charge in [-0.15, -0.1) is 0 Å². The average molecular weight is 367 g/mol. The van der Waals surface area contributed by atoms with Gasteiger partial charge in [0.05, 0.1) is 22.3 Å². The Balaban J connectivity index is 1.64. The molecule has 2 aliphatic rings. The topological polar surface area (TPSA) is 58.1 Å². The van der Waals surface area contributed by atoms with Gasteiger partial charge < -0.3 is 14.7 Å². The molecule has 0 atom stereocenters. The maximum Gasteiger partial charge on any atom is 0.196 e. The highest BCUT2D eigenvalue weighted by Crippen LogP contribution is 2.47. The van der Waals surface area contributed by atoms with Crippen LogP contribution < -0.4 is 10.2 Å². The fourth-order valence-corrected chi connectivity index (χ4v) is 3.97. The van der Waals surface area contributed by atoms with Crippen LogP contribution in [-0.4, -0.2) is 24.0 Å². The van der Waals surface area contributed by atoms with Gasteiger partial charge in [-0.3, -0.25) is 4.79 Å². The molecule has 0 unspecified atom stereocenters. The van der Waals surface area contributed by atoms with Crippen LogP contribution in [-0.2, 0) is 0 Å². The highest BCUT2D eigenvalue weighted by atomic mass is 16.5. The summed E-state index contributed by atoms with van der Waals surface area (Å²) in [4.78, 5) is 15.7.